The maximum Gasteiger partial charge on any atom is 0.225 e. The molecule has 4 nitrogen and oxygen atoms in total. The predicted molar refractivity (Wildman–Crippen MR) is 86.0 cm³/mol. The Morgan fingerprint density at radius 3 is 2.62 bits per heavy atom. The summed E-state index contributed by atoms with van der Waals surface area (Å²) >= 11 is 0. The Morgan fingerprint density at radius 1 is 1.33 bits per heavy atom. The number of nitrogens with zero attached hydrogens (tertiary/aromatic N) is 2. The Hall–Kier alpha value is -1.84. The molecule has 1 N–H and O–H groups in total. The summed E-state index contributed by atoms with van der Waals surface area (Å²) in [6, 6.07) is 8.02. The van der Waals surface area contributed by atoms with Gasteiger partial charge in [-0.3, -0.25) is 4.79 Å². The smallest absolute Gasteiger partial charge is 0.225 e. The number of aryl methyl sites for hydroxylation is 1. The fraction of sp³-hybridized carbons (Fsp3) is 0.529. The average molecular weight is 287 g/mol. The summed E-state index contributed by atoms with van der Waals surface area (Å²) in [6.07, 6.45) is 1.04. The zero-order valence-electron chi connectivity index (χ0n) is 13.6. The van der Waals surface area contributed by atoms with Gasteiger partial charge in [-0.25, -0.2) is 4.98 Å². The third kappa shape index (κ3) is 3.26. The molecule has 114 valence electrons. The van der Waals surface area contributed by atoms with Crippen molar-refractivity contribution in [3.05, 3.63) is 30.1 Å². The molecule has 1 aromatic carbocycles. The first-order valence-corrected chi connectivity index (χ1v) is 7.60. The molecule has 0 bridgehead atoms. The molecule has 1 heterocycles. The van der Waals surface area contributed by atoms with Crippen LogP contribution in [-0.4, -0.2) is 15.5 Å². The number of nitrogens with one attached hydrogen (secondary N) is 1. The summed E-state index contributed by atoms with van der Waals surface area (Å²) in [5.41, 5.74) is 1.72. The number of rotatable bonds is 4. The van der Waals surface area contributed by atoms with Gasteiger partial charge < -0.3 is 9.88 Å². The number of hydrogen-bond acceptors (Lipinski definition) is 2. The molecule has 0 saturated carbocycles. The van der Waals surface area contributed by atoms with Gasteiger partial charge in [0.1, 0.15) is 5.82 Å². The van der Waals surface area contributed by atoms with E-state index in [1.165, 1.54) is 0 Å². The lowest BCUT2D eigenvalue weighted by Gasteiger charge is -2.22. The lowest BCUT2D eigenvalue weighted by Crippen LogP contribution is -2.37. The van der Waals surface area contributed by atoms with E-state index >= 15 is 0 Å². The number of aromatic nitrogens is 2. The summed E-state index contributed by atoms with van der Waals surface area (Å²) in [6.45, 7) is 10.8. The lowest BCUT2D eigenvalue weighted by atomic mass is 9.95. The van der Waals surface area contributed by atoms with Crippen LogP contribution in [0, 0.1) is 5.41 Å². The highest BCUT2D eigenvalue weighted by atomic mass is 16.2. The average Bonchev–Trinajstić information content (AvgIpc) is 2.77. The summed E-state index contributed by atoms with van der Waals surface area (Å²) in [5, 5.41) is 3.07. The first kappa shape index (κ1) is 15.5. The largest absolute Gasteiger partial charge is 0.346 e. The zero-order chi connectivity index (χ0) is 15.6. The predicted octanol–water partition coefficient (Wildman–Crippen LogP) is 3.67. The normalized spacial score (nSPS) is 13.4. The standard InChI is InChI=1S/C17H25N3O/c1-6-11-20-14-10-8-7-9-13(14)19-15(20)12(2)18-16(21)17(3,4)5/h7-10,12H,6,11H2,1-5H3,(H,18,21). The highest BCUT2D eigenvalue weighted by Crippen LogP contribution is 2.22. The maximum absolute atomic E-state index is 12.2. The Balaban J connectivity index is 2.36. The number of carbonyl (C=O) groups is 1. The first-order valence-electron chi connectivity index (χ1n) is 7.60. The second kappa shape index (κ2) is 5.88. The molecule has 0 aliphatic carbocycles. The van der Waals surface area contributed by atoms with Crippen molar-refractivity contribution in [3.63, 3.8) is 0 Å². The van der Waals surface area contributed by atoms with Crippen molar-refractivity contribution in [3.8, 4) is 0 Å². The van der Waals surface area contributed by atoms with Crippen LogP contribution in [0.3, 0.4) is 0 Å². The molecule has 0 aliphatic heterocycles. The number of hydrogen-bond donors (Lipinski definition) is 1. The molecule has 0 radical (unpaired) electrons. The van der Waals surface area contributed by atoms with Crippen molar-refractivity contribution in [1.82, 2.24) is 14.9 Å². The minimum absolute atomic E-state index is 0.0464. The minimum atomic E-state index is -0.393. The molecule has 4 heteroatoms. The number of fused-ring (bicyclic) bond motifs is 1. The van der Waals surface area contributed by atoms with E-state index < -0.39 is 5.41 Å². The molecule has 1 amide bonds. The van der Waals surface area contributed by atoms with Crippen molar-refractivity contribution >= 4 is 16.9 Å². The van der Waals surface area contributed by atoms with Crippen LogP contribution in [0.15, 0.2) is 24.3 Å². The van der Waals surface area contributed by atoms with Crippen LogP contribution in [0.1, 0.15) is 52.9 Å². The van der Waals surface area contributed by atoms with Gasteiger partial charge >= 0.3 is 0 Å². The van der Waals surface area contributed by atoms with Crippen molar-refractivity contribution in [2.24, 2.45) is 5.41 Å². The topological polar surface area (TPSA) is 46.9 Å². The fourth-order valence-corrected chi connectivity index (χ4v) is 2.36. The lowest BCUT2D eigenvalue weighted by molar-refractivity contribution is -0.129. The van der Waals surface area contributed by atoms with Gasteiger partial charge in [0.2, 0.25) is 5.91 Å². The first-order chi connectivity index (χ1) is 9.84. The molecule has 0 aliphatic rings. The molecule has 2 rings (SSSR count). The van der Waals surface area contributed by atoms with E-state index in [0.29, 0.717) is 0 Å². The summed E-state index contributed by atoms with van der Waals surface area (Å²) in [5.74, 6) is 0.973. The van der Waals surface area contributed by atoms with E-state index in [2.05, 4.69) is 22.9 Å². The SMILES string of the molecule is CCCn1c(C(C)NC(=O)C(C)(C)C)nc2ccccc21. The summed E-state index contributed by atoms with van der Waals surface area (Å²) in [4.78, 5) is 16.9. The Morgan fingerprint density at radius 2 is 2.00 bits per heavy atom. The van der Waals surface area contributed by atoms with Gasteiger partial charge in [-0.2, -0.15) is 0 Å². The quantitative estimate of drug-likeness (QED) is 0.932. The molecular weight excluding hydrogens is 262 g/mol. The summed E-state index contributed by atoms with van der Waals surface area (Å²) in [7, 11) is 0. The third-order valence-electron chi connectivity index (χ3n) is 3.55. The number of benzene rings is 1. The van der Waals surface area contributed by atoms with Crippen LogP contribution in [-0.2, 0) is 11.3 Å². The van der Waals surface area contributed by atoms with Crippen molar-refractivity contribution in [2.45, 2.75) is 53.6 Å². The highest BCUT2D eigenvalue weighted by molar-refractivity contribution is 5.82. The van der Waals surface area contributed by atoms with E-state index in [1.54, 1.807) is 0 Å². The van der Waals surface area contributed by atoms with Crippen LogP contribution in [0.5, 0.6) is 0 Å². The number of amides is 1. The van der Waals surface area contributed by atoms with Crippen LogP contribution in [0.4, 0.5) is 0 Å². The molecule has 0 saturated heterocycles. The Bertz CT molecular complexity index is 637. The highest BCUT2D eigenvalue weighted by Gasteiger charge is 2.25. The molecule has 21 heavy (non-hydrogen) atoms. The van der Waals surface area contributed by atoms with Gasteiger partial charge in [0.05, 0.1) is 17.1 Å². The van der Waals surface area contributed by atoms with Gasteiger partial charge in [0, 0.05) is 12.0 Å². The monoisotopic (exact) mass is 287 g/mol. The van der Waals surface area contributed by atoms with Gasteiger partial charge in [0.25, 0.3) is 0 Å². The number of para-hydroxylation sites is 2. The van der Waals surface area contributed by atoms with Crippen LogP contribution in [0.25, 0.3) is 11.0 Å². The molecule has 2 aromatic rings. The molecule has 0 spiro atoms. The molecule has 1 aromatic heterocycles. The van der Waals surface area contributed by atoms with E-state index in [0.717, 1.165) is 29.8 Å². The van der Waals surface area contributed by atoms with Gasteiger partial charge in [-0.05, 0) is 25.5 Å². The van der Waals surface area contributed by atoms with Crippen LogP contribution < -0.4 is 5.32 Å². The molecule has 0 fully saturated rings. The second-order valence-corrected chi connectivity index (χ2v) is 6.56. The molecule has 1 unspecified atom stereocenters. The second-order valence-electron chi connectivity index (χ2n) is 6.56. The van der Waals surface area contributed by atoms with Crippen molar-refractivity contribution < 1.29 is 4.79 Å². The van der Waals surface area contributed by atoms with E-state index in [1.807, 2.05) is 45.9 Å². The fourth-order valence-electron chi connectivity index (χ4n) is 2.36. The zero-order valence-corrected chi connectivity index (χ0v) is 13.6. The summed E-state index contributed by atoms with van der Waals surface area (Å²) < 4.78 is 2.21. The third-order valence-corrected chi connectivity index (χ3v) is 3.55. The number of carbonyl (C=O) groups excluding carboxylic acids is 1. The van der Waals surface area contributed by atoms with E-state index in [4.69, 9.17) is 4.98 Å². The van der Waals surface area contributed by atoms with Gasteiger partial charge in [-0.1, -0.05) is 39.8 Å². The maximum atomic E-state index is 12.2. The van der Waals surface area contributed by atoms with Crippen molar-refractivity contribution in [1.29, 1.82) is 0 Å². The number of imidazole rings is 1. The van der Waals surface area contributed by atoms with Gasteiger partial charge in [0.15, 0.2) is 0 Å². The van der Waals surface area contributed by atoms with Gasteiger partial charge in [-0.15, -0.1) is 0 Å². The van der Waals surface area contributed by atoms with E-state index in [9.17, 15) is 4.79 Å². The minimum Gasteiger partial charge on any atom is -0.346 e. The molecule has 1 atom stereocenters. The van der Waals surface area contributed by atoms with E-state index in [-0.39, 0.29) is 11.9 Å². The van der Waals surface area contributed by atoms with Crippen LogP contribution >= 0.6 is 0 Å². The van der Waals surface area contributed by atoms with Crippen molar-refractivity contribution in [2.75, 3.05) is 0 Å². The Kier molecular flexibility index (Phi) is 4.35. The Labute approximate surface area is 126 Å². The molecular formula is C17H25N3O. The van der Waals surface area contributed by atoms with Crippen LogP contribution in [0.2, 0.25) is 0 Å².